The lowest BCUT2D eigenvalue weighted by Crippen LogP contribution is -2.32. The van der Waals surface area contributed by atoms with E-state index in [0.29, 0.717) is 12.3 Å². The molecule has 1 aromatic rings. The molecule has 1 N–H and O–H groups in total. The normalized spacial score (nSPS) is 10.2. The SMILES string of the molecule is CCOC(=O)CCN(CC(=O)O)c1cccc(Br)c1Br. The van der Waals surface area contributed by atoms with E-state index in [9.17, 15) is 9.59 Å². The van der Waals surface area contributed by atoms with Gasteiger partial charge in [-0.15, -0.1) is 0 Å². The Morgan fingerprint density at radius 3 is 2.65 bits per heavy atom. The maximum atomic E-state index is 11.4. The summed E-state index contributed by atoms with van der Waals surface area (Å²) in [4.78, 5) is 24.0. The molecule has 0 aromatic heterocycles. The van der Waals surface area contributed by atoms with Crippen LogP contribution in [0.25, 0.3) is 0 Å². The van der Waals surface area contributed by atoms with Gasteiger partial charge in [0.25, 0.3) is 0 Å². The molecule has 5 nitrogen and oxygen atoms in total. The highest BCUT2D eigenvalue weighted by Gasteiger charge is 2.16. The second-order valence-electron chi connectivity index (χ2n) is 3.94. The van der Waals surface area contributed by atoms with Crippen LogP contribution in [0.2, 0.25) is 0 Å². The first kappa shape index (κ1) is 17.0. The fourth-order valence-electron chi connectivity index (χ4n) is 1.64. The highest BCUT2D eigenvalue weighted by molar-refractivity contribution is 9.13. The number of esters is 1. The molecule has 1 aromatic carbocycles. The zero-order chi connectivity index (χ0) is 15.1. The Balaban J connectivity index is 2.86. The van der Waals surface area contributed by atoms with E-state index in [4.69, 9.17) is 9.84 Å². The Hall–Kier alpha value is -1.08. The molecule has 0 saturated carbocycles. The Morgan fingerprint density at radius 1 is 1.35 bits per heavy atom. The number of carbonyl (C=O) groups excluding carboxylic acids is 1. The molecule has 0 aliphatic rings. The first-order valence-electron chi connectivity index (χ1n) is 6.02. The summed E-state index contributed by atoms with van der Waals surface area (Å²) in [5.41, 5.74) is 0.714. The Kier molecular flexibility index (Phi) is 7.01. The van der Waals surface area contributed by atoms with Crippen molar-refractivity contribution in [2.75, 3.05) is 24.6 Å². The zero-order valence-corrected chi connectivity index (χ0v) is 14.1. The summed E-state index contributed by atoms with van der Waals surface area (Å²) in [6.07, 6.45) is 0.139. The summed E-state index contributed by atoms with van der Waals surface area (Å²) in [6.45, 7) is 2.14. The molecule has 0 saturated heterocycles. The summed E-state index contributed by atoms with van der Waals surface area (Å²) >= 11 is 6.78. The fraction of sp³-hybridized carbons (Fsp3) is 0.385. The number of hydrogen-bond donors (Lipinski definition) is 1. The summed E-state index contributed by atoms with van der Waals surface area (Å²) < 4.78 is 6.43. The van der Waals surface area contributed by atoms with E-state index in [1.165, 1.54) is 0 Å². The van der Waals surface area contributed by atoms with Gasteiger partial charge in [0.1, 0.15) is 6.54 Å². The highest BCUT2D eigenvalue weighted by Crippen LogP contribution is 2.33. The number of nitrogens with zero attached hydrogens (tertiary/aromatic N) is 1. The van der Waals surface area contributed by atoms with Crippen LogP contribution in [0.4, 0.5) is 5.69 Å². The topological polar surface area (TPSA) is 66.8 Å². The Bertz CT molecular complexity index is 493. The van der Waals surface area contributed by atoms with Gasteiger partial charge in [-0.05, 0) is 50.9 Å². The average molecular weight is 409 g/mol. The zero-order valence-electron chi connectivity index (χ0n) is 10.9. The van der Waals surface area contributed by atoms with Gasteiger partial charge >= 0.3 is 11.9 Å². The van der Waals surface area contributed by atoms with Crippen molar-refractivity contribution < 1.29 is 19.4 Å². The van der Waals surface area contributed by atoms with Crippen molar-refractivity contribution in [2.45, 2.75) is 13.3 Å². The molecule has 1 rings (SSSR count). The number of hydrogen-bond acceptors (Lipinski definition) is 4. The van der Waals surface area contributed by atoms with Crippen molar-refractivity contribution in [3.05, 3.63) is 27.1 Å². The third-order valence-corrected chi connectivity index (χ3v) is 4.52. The summed E-state index contributed by atoms with van der Waals surface area (Å²) in [7, 11) is 0. The second-order valence-corrected chi connectivity index (χ2v) is 5.59. The molecule has 0 atom stereocenters. The number of carboxylic acids is 1. The molecule has 0 radical (unpaired) electrons. The summed E-state index contributed by atoms with van der Waals surface area (Å²) in [5.74, 6) is -1.30. The molecule has 0 bridgehead atoms. The first-order valence-corrected chi connectivity index (χ1v) is 7.60. The molecule has 0 aliphatic carbocycles. The van der Waals surface area contributed by atoms with Gasteiger partial charge in [0, 0.05) is 11.0 Å². The number of carbonyl (C=O) groups is 2. The van der Waals surface area contributed by atoms with E-state index < -0.39 is 5.97 Å². The van der Waals surface area contributed by atoms with Crippen LogP contribution < -0.4 is 4.90 Å². The Morgan fingerprint density at radius 2 is 2.05 bits per heavy atom. The van der Waals surface area contributed by atoms with Gasteiger partial charge in [-0.3, -0.25) is 9.59 Å². The van der Waals surface area contributed by atoms with E-state index >= 15 is 0 Å². The van der Waals surface area contributed by atoms with E-state index in [2.05, 4.69) is 31.9 Å². The lowest BCUT2D eigenvalue weighted by Gasteiger charge is -2.24. The second kappa shape index (κ2) is 8.26. The van der Waals surface area contributed by atoms with E-state index in [0.717, 1.165) is 8.95 Å². The predicted octanol–water partition coefficient (Wildman–Crippen LogP) is 3.06. The predicted molar refractivity (Wildman–Crippen MR) is 82.9 cm³/mol. The lowest BCUT2D eigenvalue weighted by molar-refractivity contribution is -0.143. The van der Waals surface area contributed by atoms with Crippen molar-refractivity contribution in [3.8, 4) is 0 Å². The number of ether oxygens (including phenoxy) is 1. The van der Waals surface area contributed by atoms with Gasteiger partial charge < -0.3 is 14.7 Å². The molecule has 110 valence electrons. The molecular formula is C13H15Br2NO4. The van der Waals surface area contributed by atoms with Crippen molar-refractivity contribution in [2.24, 2.45) is 0 Å². The van der Waals surface area contributed by atoms with Crippen LogP contribution in [0.15, 0.2) is 27.1 Å². The van der Waals surface area contributed by atoms with E-state index in [-0.39, 0.29) is 25.5 Å². The van der Waals surface area contributed by atoms with Crippen LogP contribution in [0.5, 0.6) is 0 Å². The highest BCUT2D eigenvalue weighted by atomic mass is 79.9. The van der Waals surface area contributed by atoms with E-state index in [1.54, 1.807) is 17.9 Å². The number of halogens is 2. The quantitative estimate of drug-likeness (QED) is 0.702. The van der Waals surface area contributed by atoms with Gasteiger partial charge in [0.2, 0.25) is 0 Å². The molecule has 7 heteroatoms. The molecule has 0 spiro atoms. The van der Waals surface area contributed by atoms with Crippen LogP contribution >= 0.6 is 31.9 Å². The number of aliphatic carboxylic acids is 1. The minimum atomic E-state index is -0.958. The molecule has 0 fully saturated rings. The Labute approximate surface area is 134 Å². The maximum Gasteiger partial charge on any atom is 0.323 e. The summed E-state index contributed by atoms with van der Waals surface area (Å²) in [6, 6.07) is 5.45. The van der Waals surface area contributed by atoms with Crippen molar-refractivity contribution in [1.29, 1.82) is 0 Å². The largest absolute Gasteiger partial charge is 0.480 e. The van der Waals surface area contributed by atoms with Crippen LogP contribution in [0.1, 0.15) is 13.3 Å². The maximum absolute atomic E-state index is 11.4. The molecule has 0 unspecified atom stereocenters. The summed E-state index contributed by atoms with van der Waals surface area (Å²) in [5, 5.41) is 8.99. The van der Waals surface area contributed by atoms with E-state index in [1.807, 2.05) is 12.1 Å². The lowest BCUT2D eigenvalue weighted by atomic mass is 10.2. The minimum Gasteiger partial charge on any atom is -0.480 e. The fourth-order valence-corrected chi connectivity index (χ4v) is 2.51. The smallest absolute Gasteiger partial charge is 0.323 e. The molecule has 0 aliphatic heterocycles. The van der Waals surface area contributed by atoms with Crippen molar-refractivity contribution >= 4 is 49.5 Å². The third-order valence-electron chi connectivity index (χ3n) is 2.49. The van der Waals surface area contributed by atoms with Crippen LogP contribution in [-0.4, -0.2) is 36.7 Å². The van der Waals surface area contributed by atoms with Crippen LogP contribution in [0, 0.1) is 0 Å². The average Bonchev–Trinajstić information content (AvgIpc) is 2.38. The van der Waals surface area contributed by atoms with Gasteiger partial charge in [0.05, 0.1) is 23.2 Å². The monoisotopic (exact) mass is 407 g/mol. The van der Waals surface area contributed by atoms with Crippen molar-refractivity contribution in [1.82, 2.24) is 0 Å². The molecule has 20 heavy (non-hydrogen) atoms. The number of carboxylic acid groups (broad SMARTS) is 1. The third kappa shape index (κ3) is 5.13. The number of benzene rings is 1. The molecule has 0 amide bonds. The van der Waals surface area contributed by atoms with Crippen LogP contribution in [-0.2, 0) is 14.3 Å². The number of rotatable bonds is 7. The van der Waals surface area contributed by atoms with Crippen molar-refractivity contribution in [3.63, 3.8) is 0 Å². The van der Waals surface area contributed by atoms with Gasteiger partial charge in [-0.2, -0.15) is 0 Å². The first-order chi connectivity index (χ1) is 9.45. The van der Waals surface area contributed by atoms with Gasteiger partial charge in [-0.1, -0.05) is 6.07 Å². The van der Waals surface area contributed by atoms with Gasteiger partial charge in [0.15, 0.2) is 0 Å². The van der Waals surface area contributed by atoms with Crippen LogP contribution in [0.3, 0.4) is 0 Å². The molecule has 0 heterocycles. The molecular weight excluding hydrogens is 394 g/mol. The van der Waals surface area contributed by atoms with Gasteiger partial charge in [-0.25, -0.2) is 0 Å². The minimum absolute atomic E-state index is 0.139. The standard InChI is InChI=1S/C13H15Br2NO4/c1-2-20-12(19)6-7-16(8-11(17)18)10-5-3-4-9(14)13(10)15/h3-5H,2,6-8H2,1H3,(H,17,18). The number of anilines is 1.